The fraction of sp³-hybridized carbons (Fsp3) is 1.00. The molecule has 0 unspecified atom stereocenters. The summed E-state index contributed by atoms with van der Waals surface area (Å²) >= 11 is 0. The first kappa shape index (κ1) is 8.65. The smallest absolute Gasteiger partial charge is 0.107 e. The summed E-state index contributed by atoms with van der Waals surface area (Å²) in [6.07, 6.45) is 3.71. The van der Waals surface area contributed by atoms with Gasteiger partial charge in [-0.3, -0.25) is 0 Å². The molecular formula is C5H12INO. The molecule has 1 heterocycles. The molecule has 3 heteroatoms. The number of rotatable bonds is 0. The molecule has 1 aliphatic rings. The number of hydroxylamine groups is 2. The molecule has 0 saturated carbocycles. The zero-order chi connectivity index (χ0) is 5.11. The highest BCUT2D eigenvalue weighted by molar-refractivity contribution is 4.41. The Morgan fingerprint density at radius 2 is 1.50 bits per heavy atom. The zero-order valence-corrected chi connectivity index (χ0v) is 7.02. The van der Waals surface area contributed by atoms with E-state index < -0.39 is 0 Å². The van der Waals surface area contributed by atoms with E-state index in [0.717, 1.165) is 13.1 Å². The van der Waals surface area contributed by atoms with Gasteiger partial charge >= 0.3 is 0 Å². The Morgan fingerprint density at radius 1 is 1.00 bits per heavy atom. The van der Waals surface area contributed by atoms with E-state index in [1.807, 2.05) is 0 Å². The van der Waals surface area contributed by atoms with Crippen LogP contribution in [0.3, 0.4) is 0 Å². The van der Waals surface area contributed by atoms with Crippen LogP contribution in [0, 0.1) is 0 Å². The minimum atomic E-state index is 0. The molecule has 0 atom stereocenters. The molecule has 0 aromatic heterocycles. The Labute approximate surface area is 66.8 Å². The number of quaternary nitrogens is 1. The largest absolute Gasteiger partial charge is 1.00 e. The highest BCUT2D eigenvalue weighted by Crippen LogP contribution is 1.92. The van der Waals surface area contributed by atoms with E-state index in [1.54, 1.807) is 0 Å². The van der Waals surface area contributed by atoms with Gasteiger partial charge in [-0.15, -0.1) is 0 Å². The van der Waals surface area contributed by atoms with Crippen LogP contribution in [0.5, 0.6) is 0 Å². The van der Waals surface area contributed by atoms with Crippen molar-refractivity contribution in [2.75, 3.05) is 13.1 Å². The van der Waals surface area contributed by atoms with Gasteiger partial charge in [-0.05, 0) is 19.3 Å². The summed E-state index contributed by atoms with van der Waals surface area (Å²) in [5, 5.41) is 9.54. The van der Waals surface area contributed by atoms with Crippen molar-refractivity contribution in [3.8, 4) is 0 Å². The molecule has 0 spiro atoms. The molecule has 2 nitrogen and oxygen atoms in total. The summed E-state index contributed by atoms with van der Waals surface area (Å²) in [6, 6.07) is 0. The summed E-state index contributed by atoms with van der Waals surface area (Å²) < 4.78 is 0. The second-order valence-corrected chi connectivity index (χ2v) is 2.13. The average Bonchev–Trinajstić information content (AvgIpc) is 1.69. The Bertz CT molecular complexity index is 54.4. The van der Waals surface area contributed by atoms with Gasteiger partial charge in [-0.1, -0.05) is 0 Å². The van der Waals surface area contributed by atoms with Crippen molar-refractivity contribution < 1.29 is 34.2 Å². The van der Waals surface area contributed by atoms with Crippen molar-refractivity contribution in [3.05, 3.63) is 0 Å². The van der Waals surface area contributed by atoms with Gasteiger partial charge in [0.2, 0.25) is 0 Å². The SMILES string of the molecule is O[NH+]1CCCCC1.[I-]. The lowest BCUT2D eigenvalue weighted by atomic mass is 10.2. The van der Waals surface area contributed by atoms with E-state index in [9.17, 15) is 0 Å². The van der Waals surface area contributed by atoms with Crippen LogP contribution in [0.1, 0.15) is 19.3 Å². The van der Waals surface area contributed by atoms with Crippen molar-refractivity contribution in [2.24, 2.45) is 0 Å². The first-order valence-electron chi connectivity index (χ1n) is 2.93. The second kappa shape index (κ2) is 4.52. The van der Waals surface area contributed by atoms with Gasteiger partial charge in [0.1, 0.15) is 13.1 Å². The summed E-state index contributed by atoms with van der Waals surface area (Å²) in [7, 11) is 0. The molecule has 1 fully saturated rings. The van der Waals surface area contributed by atoms with E-state index in [2.05, 4.69) is 0 Å². The number of hydrogen-bond acceptors (Lipinski definition) is 1. The van der Waals surface area contributed by atoms with Crippen LogP contribution in [-0.2, 0) is 0 Å². The van der Waals surface area contributed by atoms with Crippen LogP contribution in [-0.4, -0.2) is 18.3 Å². The van der Waals surface area contributed by atoms with Gasteiger partial charge in [-0.25, -0.2) is 5.21 Å². The summed E-state index contributed by atoms with van der Waals surface area (Å²) in [6.45, 7) is 1.92. The van der Waals surface area contributed by atoms with Gasteiger partial charge in [0.25, 0.3) is 0 Å². The molecule has 0 aromatic rings. The molecule has 8 heavy (non-hydrogen) atoms. The maximum Gasteiger partial charge on any atom is 0.107 e. The van der Waals surface area contributed by atoms with Crippen LogP contribution in [0.25, 0.3) is 0 Å². The second-order valence-electron chi connectivity index (χ2n) is 2.13. The number of nitrogens with one attached hydrogen (secondary N) is 1. The maximum atomic E-state index is 8.83. The van der Waals surface area contributed by atoms with E-state index in [1.165, 1.54) is 19.3 Å². The van der Waals surface area contributed by atoms with Crippen molar-refractivity contribution in [1.82, 2.24) is 0 Å². The monoisotopic (exact) mass is 229 g/mol. The Kier molecular flexibility index (Phi) is 4.89. The third-order valence-corrected chi connectivity index (χ3v) is 1.43. The van der Waals surface area contributed by atoms with Crippen LogP contribution >= 0.6 is 0 Å². The normalized spacial score (nSPS) is 22.1. The molecule has 0 aliphatic carbocycles. The first-order valence-corrected chi connectivity index (χ1v) is 2.93. The minimum absolute atomic E-state index is 0. The first-order chi connectivity index (χ1) is 3.39. The van der Waals surface area contributed by atoms with Crippen LogP contribution in [0.15, 0.2) is 0 Å². The Balaban J connectivity index is 0.000000490. The van der Waals surface area contributed by atoms with Gasteiger partial charge < -0.3 is 24.0 Å². The van der Waals surface area contributed by atoms with Gasteiger partial charge in [-0.2, -0.15) is 5.06 Å². The van der Waals surface area contributed by atoms with E-state index in [0.29, 0.717) is 5.06 Å². The third kappa shape index (κ3) is 2.84. The summed E-state index contributed by atoms with van der Waals surface area (Å²) in [4.78, 5) is 0. The molecule has 1 saturated heterocycles. The Morgan fingerprint density at radius 3 is 1.75 bits per heavy atom. The van der Waals surface area contributed by atoms with Crippen molar-refractivity contribution in [2.45, 2.75) is 19.3 Å². The lowest BCUT2D eigenvalue weighted by Crippen LogP contribution is -3.10. The van der Waals surface area contributed by atoms with E-state index in [4.69, 9.17) is 5.21 Å². The predicted molar refractivity (Wildman–Crippen MR) is 26.3 cm³/mol. The maximum absolute atomic E-state index is 8.83. The fourth-order valence-electron chi connectivity index (χ4n) is 0.960. The zero-order valence-electron chi connectivity index (χ0n) is 4.86. The molecule has 0 bridgehead atoms. The molecule has 50 valence electrons. The van der Waals surface area contributed by atoms with Crippen LogP contribution in [0.2, 0.25) is 0 Å². The lowest BCUT2D eigenvalue weighted by molar-refractivity contribution is -1.09. The van der Waals surface area contributed by atoms with Crippen molar-refractivity contribution >= 4 is 0 Å². The van der Waals surface area contributed by atoms with Gasteiger partial charge in [0, 0.05) is 0 Å². The van der Waals surface area contributed by atoms with Crippen LogP contribution in [0.4, 0.5) is 0 Å². The molecule has 0 radical (unpaired) electrons. The summed E-state index contributed by atoms with van der Waals surface area (Å²) in [5.41, 5.74) is 0. The molecular weight excluding hydrogens is 217 g/mol. The van der Waals surface area contributed by atoms with E-state index in [-0.39, 0.29) is 24.0 Å². The van der Waals surface area contributed by atoms with Gasteiger partial charge in [0.15, 0.2) is 0 Å². The number of piperidine rings is 1. The highest BCUT2D eigenvalue weighted by atomic mass is 127. The highest BCUT2D eigenvalue weighted by Gasteiger charge is 2.08. The summed E-state index contributed by atoms with van der Waals surface area (Å²) in [5.74, 6) is 0. The van der Waals surface area contributed by atoms with Crippen LogP contribution < -0.4 is 29.0 Å². The van der Waals surface area contributed by atoms with E-state index >= 15 is 0 Å². The number of halogens is 1. The predicted octanol–water partition coefficient (Wildman–Crippen LogP) is -3.55. The molecule has 0 aromatic carbocycles. The topological polar surface area (TPSA) is 24.7 Å². The third-order valence-electron chi connectivity index (χ3n) is 1.43. The average molecular weight is 229 g/mol. The standard InChI is InChI=1S/C5H11NO.HI/c7-6-4-2-1-3-5-6;/h7H,1-5H2;1H. The Hall–Kier alpha value is 0.650. The quantitative estimate of drug-likeness (QED) is 0.413. The minimum Gasteiger partial charge on any atom is -1.00 e. The fourth-order valence-corrected chi connectivity index (χ4v) is 0.960. The number of hydrogen-bond donors (Lipinski definition) is 2. The van der Waals surface area contributed by atoms with Crippen molar-refractivity contribution in [3.63, 3.8) is 0 Å². The van der Waals surface area contributed by atoms with Crippen molar-refractivity contribution in [1.29, 1.82) is 0 Å². The molecule has 1 aliphatic heterocycles. The van der Waals surface area contributed by atoms with Gasteiger partial charge in [0.05, 0.1) is 0 Å². The molecule has 0 amide bonds. The molecule has 2 N–H and O–H groups in total. The molecule has 1 rings (SSSR count). The lowest BCUT2D eigenvalue weighted by Gasteiger charge is -2.14.